The van der Waals surface area contributed by atoms with Crippen LogP contribution in [0.1, 0.15) is 17.5 Å². The van der Waals surface area contributed by atoms with E-state index in [1.54, 1.807) is 29.2 Å². The number of anilines is 1. The summed E-state index contributed by atoms with van der Waals surface area (Å²) in [5.74, 6) is 0.00738. The molecule has 0 radical (unpaired) electrons. The van der Waals surface area contributed by atoms with Crippen LogP contribution in [0.25, 0.3) is 0 Å². The van der Waals surface area contributed by atoms with E-state index in [0.717, 1.165) is 11.1 Å². The van der Waals surface area contributed by atoms with Gasteiger partial charge < -0.3 is 20.6 Å². The summed E-state index contributed by atoms with van der Waals surface area (Å²) in [4.78, 5) is 25.9. The van der Waals surface area contributed by atoms with Gasteiger partial charge in [0.15, 0.2) is 0 Å². The number of amides is 3. The molecule has 0 bridgehead atoms. The highest BCUT2D eigenvalue weighted by atomic mass is 35.5. The molecule has 3 rings (SSSR count). The first-order valence-corrected chi connectivity index (χ1v) is 9.21. The zero-order valence-electron chi connectivity index (χ0n) is 14.8. The fourth-order valence-electron chi connectivity index (χ4n) is 2.92. The van der Waals surface area contributed by atoms with Gasteiger partial charge in [-0.2, -0.15) is 0 Å². The lowest BCUT2D eigenvalue weighted by atomic mass is 10.1. The molecule has 0 aliphatic carbocycles. The maximum Gasteiger partial charge on any atom is 0.319 e. The molecule has 1 atom stereocenters. The van der Waals surface area contributed by atoms with Crippen molar-refractivity contribution in [3.8, 4) is 0 Å². The van der Waals surface area contributed by atoms with Crippen LogP contribution in [0.3, 0.4) is 0 Å². The standard InChI is InChI=1S/C20H22ClN3O3/c21-16-5-1-15(2-6-16)12-22-20(27)23-17-7-3-14(4-8-17)11-19(26)24-10-9-18(25)13-24/h1-8,18,25H,9-13H2,(H2,22,23,27). The zero-order chi connectivity index (χ0) is 19.2. The Bertz CT molecular complexity index is 793. The van der Waals surface area contributed by atoms with Gasteiger partial charge in [-0.15, -0.1) is 0 Å². The zero-order valence-corrected chi connectivity index (χ0v) is 15.6. The van der Waals surface area contributed by atoms with E-state index < -0.39 is 6.10 Å². The van der Waals surface area contributed by atoms with Crippen LogP contribution in [0.15, 0.2) is 48.5 Å². The van der Waals surface area contributed by atoms with Crippen molar-refractivity contribution < 1.29 is 14.7 Å². The molecule has 2 aromatic carbocycles. The van der Waals surface area contributed by atoms with Crippen LogP contribution in [-0.2, 0) is 17.8 Å². The Morgan fingerprint density at radius 3 is 2.37 bits per heavy atom. The van der Waals surface area contributed by atoms with Crippen molar-refractivity contribution in [1.29, 1.82) is 0 Å². The first-order valence-electron chi connectivity index (χ1n) is 8.83. The Kier molecular flexibility index (Phi) is 6.32. The monoisotopic (exact) mass is 387 g/mol. The summed E-state index contributed by atoms with van der Waals surface area (Å²) in [5.41, 5.74) is 2.47. The predicted octanol–water partition coefficient (Wildman–Crippen LogP) is 2.80. The Balaban J connectivity index is 1.46. The van der Waals surface area contributed by atoms with Crippen LogP contribution in [0.2, 0.25) is 5.02 Å². The molecule has 7 heteroatoms. The summed E-state index contributed by atoms with van der Waals surface area (Å²) >= 11 is 5.83. The van der Waals surface area contributed by atoms with Crippen LogP contribution in [-0.4, -0.2) is 41.1 Å². The third-order valence-electron chi connectivity index (χ3n) is 4.45. The summed E-state index contributed by atoms with van der Waals surface area (Å²) in [6.07, 6.45) is 0.516. The van der Waals surface area contributed by atoms with E-state index in [1.165, 1.54) is 0 Å². The van der Waals surface area contributed by atoms with Gasteiger partial charge in [0.1, 0.15) is 0 Å². The van der Waals surface area contributed by atoms with Gasteiger partial charge in [0, 0.05) is 30.3 Å². The molecule has 1 heterocycles. The van der Waals surface area contributed by atoms with Crippen molar-refractivity contribution in [1.82, 2.24) is 10.2 Å². The second-order valence-corrected chi connectivity index (χ2v) is 7.03. The van der Waals surface area contributed by atoms with Crippen LogP contribution < -0.4 is 10.6 Å². The number of benzene rings is 2. The lowest BCUT2D eigenvalue weighted by molar-refractivity contribution is -0.129. The van der Waals surface area contributed by atoms with E-state index >= 15 is 0 Å². The Morgan fingerprint density at radius 1 is 1.07 bits per heavy atom. The number of rotatable bonds is 5. The van der Waals surface area contributed by atoms with E-state index in [2.05, 4.69) is 10.6 Å². The number of carbonyl (C=O) groups excluding carboxylic acids is 2. The first kappa shape index (κ1) is 19.2. The number of hydrogen-bond acceptors (Lipinski definition) is 3. The van der Waals surface area contributed by atoms with Gasteiger partial charge in [-0.05, 0) is 41.8 Å². The molecule has 1 aliphatic heterocycles. The number of nitrogens with zero attached hydrogens (tertiary/aromatic N) is 1. The number of aliphatic hydroxyl groups excluding tert-OH is 1. The van der Waals surface area contributed by atoms with Gasteiger partial charge in [-0.25, -0.2) is 4.79 Å². The Morgan fingerprint density at radius 2 is 1.74 bits per heavy atom. The third-order valence-corrected chi connectivity index (χ3v) is 4.70. The molecule has 27 heavy (non-hydrogen) atoms. The van der Waals surface area contributed by atoms with Crippen molar-refractivity contribution in [3.05, 3.63) is 64.7 Å². The summed E-state index contributed by atoms with van der Waals surface area (Å²) in [5, 5.41) is 15.7. The SMILES string of the molecule is O=C(NCc1ccc(Cl)cc1)Nc1ccc(CC(=O)N2CCC(O)C2)cc1. The molecule has 1 unspecified atom stereocenters. The average Bonchev–Trinajstić information content (AvgIpc) is 3.09. The maximum atomic E-state index is 12.2. The van der Waals surface area contributed by atoms with Gasteiger partial charge in [-0.1, -0.05) is 35.9 Å². The highest BCUT2D eigenvalue weighted by Gasteiger charge is 2.24. The first-order chi connectivity index (χ1) is 13.0. The minimum Gasteiger partial charge on any atom is -0.391 e. The summed E-state index contributed by atoms with van der Waals surface area (Å²) < 4.78 is 0. The lowest BCUT2D eigenvalue weighted by Crippen LogP contribution is -2.30. The number of carbonyl (C=O) groups is 2. The van der Waals surface area contributed by atoms with Gasteiger partial charge in [0.2, 0.25) is 5.91 Å². The minimum atomic E-state index is -0.410. The van der Waals surface area contributed by atoms with Crippen LogP contribution >= 0.6 is 11.6 Å². The molecular weight excluding hydrogens is 366 g/mol. The smallest absolute Gasteiger partial charge is 0.319 e. The maximum absolute atomic E-state index is 12.2. The molecule has 0 aromatic heterocycles. The predicted molar refractivity (Wildman–Crippen MR) is 105 cm³/mol. The minimum absolute atomic E-state index is 0.00738. The molecule has 1 fully saturated rings. The summed E-state index contributed by atoms with van der Waals surface area (Å²) in [6.45, 7) is 1.41. The number of hydrogen-bond donors (Lipinski definition) is 3. The number of halogens is 1. The van der Waals surface area contributed by atoms with E-state index in [1.807, 2.05) is 24.3 Å². The van der Waals surface area contributed by atoms with Crippen LogP contribution in [0.5, 0.6) is 0 Å². The quantitative estimate of drug-likeness (QED) is 0.737. The molecule has 1 aliphatic rings. The van der Waals surface area contributed by atoms with Crippen LogP contribution in [0, 0.1) is 0 Å². The van der Waals surface area contributed by atoms with Gasteiger partial charge in [-0.3, -0.25) is 4.79 Å². The topological polar surface area (TPSA) is 81.7 Å². The van der Waals surface area contributed by atoms with Gasteiger partial charge >= 0.3 is 6.03 Å². The van der Waals surface area contributed by atoms with Gasteiger partial charge in [0.05, 0.1) is 12.5 Å². The molecule has 3 N–H and O–H groups in total. The highest BCUT2D eigenvalue weighted by Crippen LogP contribution is 2.14. The average molecular weight is 388 g/mol. The number of aliphatic hydroxyl groups is 1. The molecular formula is C20H22ClN3O3. The molecule has 2 aromatic rings. The molecule has 1 saturated heterocycles. The van der Waals surface area contributed by atoms with Crippen LogP contribution in [0.4, 0.5) is 10.5 Å². The summed E-state index contributed by atoms with van der Waals surface area (Å²) in [6, 6.07) is 14.1. The van der Waals surface area contributed by atoms with Gasteiger partial charge in [0.25, 0.3) is 0 Å². The molecule has 0 spiro atoms. The lowest BCUT2D eigenvalue weighted by Gasteiger charge is -2.15. The van der Waals surface area contributed by atoms with Crippen molar-refractivity contribution in [2.75, 3.05) is 18.4 Å². The number of likely N-dealkylation sites (tertiary alicyclic amines) is 1. The van der Waals surface area contributed by atoms with E-state index in [4.69, 9.17) is 11.6 Å². The Hall–Kier alpha value is -2.57. The molecule has 0 saturated carbocycles. The van der Waals surface area contributed by atoms with Crippen molar-refractivity contribution in [2.24, 2.45) is 0 Å². The molecule has 6 nitrogen and oxygen atoms in total. The Labute approximate surface area is 163 Å². The van der Waals surface area contributed by atoms with Crippen molar-refractivity contribution in [2.45, 2.75) is 25.5 Å². The summed E-state index contributed by atoms with van der Waals surface area (Å²) in [7, 11) is 0. The van der Waals surface area contributed by atoms with Crippen molar-refractivity contribution >= 4 is 29.2 Å². The molecule has 3 amide bonds. The van der Waals surface area contributed by atoms with E-state index in [0.29, 0.717) is 36.8 Å². The second-order valence-electron chi connectivity index (χ2n) is 6.59. The third kappa shape index (κ3) is 5.70. The number of β-amino-alcohol motifs (C(OH)–C–C–N with tert-alkyl or cyclic N) is 1. The fourth-order valence-corrected chi connectivity index (χ4v) is 3.05. The molecule has 142 valence electrons. The fraction of sp³-hybridized carbons (Fsp3) is 0.300. The normalized spacial score (nSPS) is 16.2. The second kappa shape index (κ2) is 8.88. The highest BCUT2D eigenvalue weighted by molar-refractivity contribution is 6.30. The number of nitrogens with one attached hydrogen (secondary N) is 2. The largest absolute Gasteiger partial charge is 0.391 e. The van der Waals surface area contributed by atoms with E-state index in [-0.39, 0.29) is 18.4 Å². The van der Waals surface area contributed by atoms with Crippen molar-refractivity contribution in [3.63, 3.8) is 0 Å². The van der Waals surface area contributed by atoms with E-state index in [9.17, 15) is 14.7 Å². The number of urea groups is 1.